The maximum Gasteiger partial charge on any atom is 0.406 e. The summed E-state index contributed by atoms with van der Waals surface area (Å²) in [5, 5.41) is 10.2. The van der Waals surface area contributed by atoms with E-state index in [0.29, 0.717) is 0 Å². The summed E-state index contributed by atoms with van der Waals surface area (Å²) in [5.74, 6) is -0.546. The fourth-order valence-electron chi connectivity index (χ4n) is 3.56. The van der Waals surface area contributed by atoms with Gasteiger partial charge in [-0.15, -0.1) is 0 Å². The van der Waals surface area contributed by atoms with Crippen LogP contribution in [0.4, 0.5) is 10.2 Å². The lowest BCUT2D eigenvalue weighted by Gasteiger charge is -2.25. The van der Waals surface area contributed by atoms with E-state index in [4.69, 9.17) is 35.9 Å². The second kappa shape index (κ2) is 13.2. The molecule has 18 heteroatoms. The molecule has 3 rings (SSSR count). The number of aliphatic hydroxyl groups excluding tert-OH is 1. The minimum absolute atomic E-state index is 0.0443. The number of rotatable bonds is 12. The van der Waals surface area contributed by atoms with Crippen molar-refractivity contribution in [1.29, 1.82) is 0 Å². The number of fused-ring (bicyclic) bond motifs is 1. The molecule has 0 bridgehead atoms. The van der Waals surface area contributed by atoms with Crippen LogP contribution in [-0.2, 0) is 32.7 Å². The van der Waals surface area contributed by atoms with Crippen LogP contribution in [0.2, 0.25) is 0 Å². The van der Waals surface area contributed by atoms with Gasteiger partial charge in [0.1, 0.15) is 30.1 Å². The first-order chi connectivity index (χ1) is 19.0. The lowest BCUT2D eigenvalue weighted by atomic mass is 10.00. The Morgan fingerprint density at radius 2 is 2.00 bits per heavy atom. The van der Waals surface area contributed by atoms with Gasteiger partial charge in [0.25, 0.3) is 5.13 Å². The van der Waals surface area contributed by atoms with E-state index in [1.807, 2.05) is 0 Å². The quantitative estimate of drug-likeness (QED) is 0.133. The van der Waals surface area contributed by atoms with Gasteiger partial charge in [-0.3, -0.25) is 23.2 Å². The van der Waals surface area contributed by atoms with Crippen molar-refractivity contribution in [2.24, 2.45) is 5.41 Å². The topological polar surface area (TPSA) is 190 Å². The number of carbonyl (C=O) groups excluding carboxylic acids is 2. The first kappa shape index (κ1) is 33.6. The van der Waals surface area contributed by atoms with Crippen LogP contribution in [0.25, 0.3) is 11.2 Å². The van der Waals surface area contributed by atoms with E-state index >= 15 is 4.39 Å². The zero-order valence-electron chi connectivity index (χ0n) is 23.4. The average Bonchev–Trinajstić information content (AvgIpc) is 3.38. The number of hydrogen-bond acceptors (Lipinski definition) is 13. The van der Waals surface area contributed by atoms with Crippen LogP contribution >= 0.6 is 31.1 Å². The summed E-state index contributed by atoms with van der Waals surface area (Å²) in [5.41, 5.74) is 5.48. The molecule has 0 saturated carbocycles. The lowest BCUT2D eigenvalue weighted by molar-refractivity contribution is -0.149. The molecule has 0 spiro atoms. The molecular formula is C23H35ClFN6O8PS. The van der Waals surface area contributed by atoms with Gasteiger partial charge in [-0.05, 0) is 20.8 Å². The zero-order valence-corrected chi connectivity index (χ0v) is 25.9. The van der Waals surface area contributed by atoms with Gasteiger partial charge in [0.15, 0.2) is 22.8 Å². The van der Waals surface area contributed by atoms with E-state index < -0.39 is 61.4 Å². The number of carbonyl (C=O) groups is 2. The summed E-state index contributed by atoms with van der Waals surface area (Å²) in [6.07, 6.45) is -3.13. The number of halogens is 2. The third kappa shape index (κ3) is 8.14. The molecule has 6 atom stereocenters. The van der Waals surface area contributed by atoms with E-state index in [1.165, 1.54) is 13.3 Å². The predicted octanol–water partition coefficient (Wildman–Crippen LogP) is 2.95. The fourth-order valence-corrected chi connectivity index (χ4v) is 6.25. The monoisotopic (exact) mass is 640 g/mol. The van der Waals surface area contributed by atoms with Crippen molar-refractivity contribution in [3.63, 3.8) is 0 Å². The number of aromatic nitrogens is 4. The van der Waals surface area contributed by atoms with Crippen LogP contribution in [0.5, 0.6) is 0 Å². The van der Waals surface area contributed by atoms with Crippen LogP contribution in [0.3, 0.4) is 0 Å². The van der Waals surface area contributed by atoms with E-state index in [2.05, 4.69) is 20.0 Å². The Hall–Kier alpha value is -1.91. The number of hydrogen-bond donors (Lipinski definition) is 3. The van der Waals surface area contributed by atoms with Crippen LogP contribution in [0, 0.1) is 5.41 Å². The normalized spacial score (nSPS) is 25.4. The van der Waals surface area contributed by atoms with Crippen molar-refractivity contribution in [3.05, 3.63) is 12.7 Å². The Labute approximate surface area is 245 Å². The van der Waals surface area contributed by atoms with Gasteiger partial charge in [0.2, 0.25) is 0 Å². The highest BCUT2D eigenvalue weighted by molar-refractivity contribution is 8.13. The number of imidazole rings is 1. The second-order valence-electron chi connectivity index (χ2n) is 10.6. The van der Waals surface area contributed by atoms with E-state index in [0.717, 1.165) is 22.7 Å². The molecule has 1 aliphatic heterocycles. The molecule has 1 saturated heterocycles. The molecule has 0 radical (unpaired) electrons. The van der Waals surface area contributed by atoms with Crippen molar-refractivity contribution in [2.45, 2.75) is 77.3 Å². The average molecular weight is 641 g/mol. The third-order valence-electron chi connectivity index (χ3n) is 5.68. The first-order valence-electron chi connectivity index (χ1n) is 12.6. The molecule has 1 aliphatic rings. The van der Waals surface area contributed by atoms with Crippen LogP contribution < -0.4 is 10.8 Å². The van der Waals surface area contributed by atoms with E-state index in [-0.39, 0.29) is 34.5 Å². The smallest absolute Gasteiger partial charge is 0.406 e. The Morgan fingerprint density at radius 1 is 1.32 bits per heavy atom. The molecule has 41 heavy (non-hydrogen) atoms. The zero-order chi connectivity index (χ0) is 30.8. The highest BCUT2D eigenvalue weighted by Gasteiger charge is 2.58. The van der Waals surface area contributed by atoms with Crippen molar-refractivity contribution in [1.82, 2.24) is 24.6 Å². The summed E-state index contributed by atoms with van der Waals surface area (Å²) in [7, 11) is -4.31. The molecule has 0 amide bonds. The first-order valence-corrected chi connectivity index (χ1v) is 15.6. The third-order valence-corrected chi connectivity index (χ3v) is 9.05. The maximum atomic E-state index is 15.6. The molecule has 0 aliphatic carbocycles. The summed E-state index contributed by atoms with van der Waals surface area (Å²) in [4.78, 5) is 36.4. The standard InChI is InChI=1S/C23H35ClFN6O8PS/c1-12(2)38-19(33)13(3)30-40(35,36-7-8-41-21(34)22(4,5)6)37-9-14-16(32)23(24,25)20(39-14)31-11-29-15-17(26)27-10-28-18(15)31/h10-14,16,20,32H,7-9H2,1-6H3,(H,30,35)(H2,26,27,28)/t13-,14-,16-,20-,23-,40+/m1/s1. The Bertz CT molecular complexity index is 1290. The van der Waals surface area contributed by atoms with Crippen LogP contribution in [0.1, 0.15) is 47.8 Å². The number of thioether (sulfide) groups is 1. The molecular weight excluding hydrogens is 606 g/mol. The number of alkyl halides is 2. The molecule has 3 heterocycles. The van der Waals surface area contributed by atoms with Gasteiger partial charge in [-0.25, -0.2) is 29.0 Å². The van der Waals surface area contributed by atoms with Gasteiger partial charge >= 0.3 is 13.7 Å². The molecule has 230 valence electrons. The molecule has 14 nitrogen and oxygen atoms in total. The number of nitrogens with one attached hydrogen (secondary N) is 1. The predicted molar refractivity (Wildman–Crippen MR) is 150 cm³/mol. The van der Waals surface area contributed by atoms with Gasteiger partial charge in [0.05, 0.1) is 25.6 Å². The number of nitrogens with two attached hydrogens (primary N) is 1. The highest BCUT2D eigenvalue weighted by atomic mass is 35.5. The summed E-state index contributed by atoms with van der Waals surface area (Å²) < 4.78 is 52.1. The fraction of sp³-hybridized carbons (Fsp3) is 0.696. The number of aliphatic hydroxyl groups is 1. The summed E-state index contributed by atoms with van der Waals surface area (Å²) in [6.45, 7) is 9.10. The highest BCUT2D eigenvalue weighted by Crippen LogP contribution is 2.49. The minimum Gasteiger partial charge on any atom is -0.462 e. The minimum atomic E-state index is -4.31. The largest absolute Gasteiger partial charge is 0.462 e. The van der Waals surface area contributed by atoms with Crippen molar-refractivity contribution in [2.75, 3.05) is 24.7 Å². The molecule has 2 aromatic rings. The molecule has 1 fully saturated rings. The van der Waals surface area contributed by atoms with E-state index in [9.17, 15) is 19.3 Å². The van der Waals surface area contributed by atoms with Crippen LogP contribution in [-0.4, -0.2) is 84.2 Å². The number of ether oxygens (including phenoxy) is 2. The Balaban J connectivity index is 1.74. The molecule has 0 unspecified atom stereocenters. The Kier molecular flexibility index (Phi) is 10.8. The number of nitrogen functional groups attached to an aromatic ring is 1. The summed E-state index contributed by atoms with van der Waals surface area (Å²) >= 11 is 7.05. The van der Waals surface area contributed by atoms with Gasteiger partial charge in [-0.1, -0.05) is 44.1 Å². The Morgan fingerprint density at radius 3 is 2.63 bits per heavy atom. The van der Waals surface area contributed by atoms with Gasteiger partial charge < -0.3 is 20.3 Å². The van der Waals surface area contributed by atoms with Gasteiger partial charge in [0, 0.05) is 11.2 Å². The van der Waals surface area contributed by atoms with Crippen molar-refractivity contribution < 1.29 is 42.2 Å². The molecule has 0 aromatic carbocycles. The van der Waals surface area contributed by atoms with Gasteiger partial charge in [-0.2, -0.15) is 0 Å². The SMILES string of the molecule is CC(C)OC(=O)[C@@H](C)N[P@](=O)(OCCSC(=O)C(C)(C)C)OC[C@H]1O[C@@H](n2cnc3c(N)ncnc32)[C@@](F)(Cl)[C@@H]1O. The number of esters is 1. The lowest BCUT2D eigenvalue weighted by Crippen LogP contribution is -2.39. The van der Waals surface area contributed by atoms with Crippen molar-refractivity contribution in [3.8, 4) is 0 Å². The van der Waals surface area contributed by atoms with Crippen molar-refractivity contribution >= 4 is 59.2 Å². The summed E-state index contributed by atoms with van der Waals surface area (Å²) in [6, 6.07) is -1.13. The number of anilines is 1. The molecule has 2 aromatic heterocycles. The molecule has 4 N–H and O–H groups in total. The van der Waals surface area contributed by atoms with Crippen LogP contribution in [0.15, 0.2) is 12.7 Å². The maximum absolute atomic E-state index is 15.6. The van der Waals surface area contributed by atoms with E-state index in [1.54, 1.807) is 34.6 Å². The number of nitrogens with zero attached hydrogens (tertiary/aromatic N) is 4. The second-order valence-corrected chi connectivity index (χ2v) is 14.0.